The van der Waals surface area contributed by atoms with Crippen molar-refractivity contribution in [3.05, 3.63) is 0 Å². The van der Waals surface area contributed by atoms with Crippen LogP contribution in [-0.2, 0) is 14.8 Å². The van der Waals surface area contributed by atoms with Gasteiger partial charge in [-0.15, -0.1) is 23.2 Å². The van der Waals surface area contributed by atoms with E-state index in [2.05, 4.69) is 4.72 Å². The molecular weight excluding hydrogens is 323 g/mol. The molecule has 1 amide bonds. The maximum Gasteiger partial charge on any atom is 0.231 e. The highest BCUT2D eigenvalue weighted by molar-refractivity contribution is 7.89. The standard InChI is InChI=1S/C12H20Cl2N2O3S/c1-3-20(18,19)15-9-4-6-16(7-5-9)10(17)11(2)8-12(11,13)14/h9,15H,3-8H2,1-2H3/t11-/m0/s1. The highest BCUT2D eigenvalue weighted by atomic mass is 35.5. The van der Waals surface area contributed by atoms with E-state index in [0.29, 0.717) is 32.4 Å². The topological polar surface area (TPSA) is 66.5 Å². The van der Waals surface area contributed by atoms with Crippen molar-refractivity contribution in [2.75, 3.05) is 18.8 Å². The van der Waals surface area contributed by atoms with Gasteiger partial charge in [0.1, 0.15) is 4.33 Å². The number of likely N-dealkylation sites (tertiary alicyclic amines) is 1. The second-order valence-corrected chi connectivity index (χ2v) is 9.33. The largest absolute Gasteiger partial charge is 0.342 e. The van der Waals surface area contributed by atoms with Crippen LogP contribution in [0, 0.1) is 5.41 Å². The van der Waals surface area contributed by atoms with Gasteiger partial charge in [-0.25, -0.2) is 13.1 Å². The molecule has 1 aliphatic carbocycles. The number of hydrogen-bond donors (Lipinski definition) is 1. The van der Waals surface area contributed by atoms with Crippen LogP contribution >= 0.6 is 23.2 Å². The molecule has 0 aromatic heterocycles. The monoisotopic (exact) mass is 342 g/mol. The van der Waals surface area contributed by atoms with Crippen LogP contribution in [0.25, 0.3) is 0 Å². The van der Waals surface area contributed by atoms with Gasteiger partial charge in [0.2, 0.25) is 15.9 Å². The van der Waals surface area contributed by atoms with E-state index in [1.54, 1.807) is 18.7 Å². The van der Waals surface area contributed by atoms with Crippen LogP contribution in [0.4, 0.5) is 0 Å². The Hall–Kier alpha value is -0.0400. The lowest BCUT2D eigenvalue weighted by Crippen LogP contribution is -2.49. The van der Waals surface area contributed by atoms with Crippen molar-refractivity contribution >= 4 is 39.1 Å². The molecule has 0 spiro atoms. The molecule has 116 valence electrons. The summed E-state index contributed by atoms with van der Waals surface area (Å²) >= 11 is 12.0. The molecule has 1 heterocycles. The van der Waals surface area contributed by atoms with Crippen LogP contribution in [0.3, 0.4) is 0 Å². The first-order chi connectivity index (χ1) is 9.11. The maximum atomic E-state index is 12.4. The molecule has 1 saturated heterocycles. The molecular formula is C12H20Cl2N2O3S. The Morgan fingerprint density at radius 3 is 2.25 bits per heavy atom. The minimum atomic E-state index is -3.19. The molecule has 0 unspecified atom stereocenters. The molecule has 0 aromatic carbocycles. The van der Waals surface area contributed by atoms with Gasteiger partial charge in [-0.05, 0) is 33.1 Å². The number of carbonyl (C=O) groups is 1. The van der Waals surface area contributed by atoms with Crippen LogP contribution < -0.4 is 4.72 Å². The number of nitrogens with one attached hydrogen (secondary N) is 1. The summed E-state index contributed by atoms with van der Waals surface area (Å²) in [5.74, 6) is 0.0462. The lowest BCUT2D eigenvalue weighted by atomic mass is 10.0. The predicted octanol–water partition coefficient (Wildman–Crippen LogP) is 1.50. The minimum Gasteiger partial charge on any atom is -0.342 e. The number of alkyl halides is 2. The van der Waals surface area contributed by atoms with E-state index in [9.17, 15) is 13.2 Å². The van der Waals surface area contributed by atoms with E-state index in [4.69, 9.17) is 23.2 Å². The fraction of sp³-hybridized carbons (Fsp3) is 0.917. The fourth-order valence-electron chi connectivity index (χ4n) is 2.52. The number of sulfonamides is 1. The Morgan fingerprint density at radius 1 is 1.35 bits per heavy atom. The molecule has 2 rings (SSSR count). The zero-order chi connectivity index (χ0) is 15.2. The number of carbonyl (C=O) groups excluding carboxylic acids is 1. The highest BCUT2D eigenvalue weighted by Crippen LogP contribution is 2.64. The van der Waals surface area contributed by atoms with Crippen molar-refractivity contribution in [2.24, 2.45) is 5.41 Å². The van der Waals surface area contributed by atoms with Gasteiger partial charge in [0.05, 0.1) is 11.2 Å². The third-order valence-electron chi connectivity index (χ3n) is 4.24. The lowest BCUT2D eigenvalue weighted by molar-refractivity contribution is -0.137. The average molecular weight is 343 g/mol. The van der Waals surface area contributed by atoms with Gasteiger partial charge in [0.25, 0.3) is 0 Å². The summed E-state index contributed by atoms with van der Waals surface area (Å²) in [6.45, 7) is 4.46. The van der Waals surface area contributed by atoms with Crippen molar-refractivity contribution < 1.29 is 13.2 Å². The Labute approximate surface area is 130 Å². The number of hydrogen-bond acceptors (Lipinski definition) is 3. The van der Waals surface area contributed by atoms with Crippen molar-refractivity contribution in [3.63, 3.8) is 0 Å². The van der Waals surface area contributed by atoms with Gasteiger partial charge in [-0.1, -0.05) is 0 Å². The first-order valence-corrected chi connectivity index (χ1v) is 9.19. The van der Waals surface area contributed by atoms with E-state index >= 15 is 0 Å². The molecule has 5 nitrogen and oxygen atoms in total. The van der Waals surface area contributed by atoms with E-state index in [-0.39, 0.29) is 17.7 Å². The smallest absolute Gasteiger partial charge is 0.231 e. The third-order valence-corrected chi connectivity index (χ3v) is 6.79. The van der Waals surface area contributed by atoms with Gasteiger partial charge in [-0.3, -0.25) is 4.79 Å². The molecule has 0 bridgehead atoms. The average Bonchev–Trinajstić information content (AvgIpc) is 2.89. The normalized spacial score (nSPS) is 30.3. The Morgan fingerprint density at radius 2 is 1.85 bits per heavy atom. The SMILES string of the molecule is CCS(=O)(=O)NC1CCN(C(=O)[C@]2(C)CC2(Cl)Cl)CC1. The zero-order valence-corrected chi connectivity index (χ0v) is 14.0. The molecule has 1 atom stereocenters. The van der Waals surface area contributed by atoms with Crippen molar-refractivity contribution in [2.45, 2.75) is 43.5 Å². The number of halogens is 2. The second kappa shape index (κ2) is 5.30. The minimum absolute atomic E-state index is 0.0284. The fourth-order valence-corrected chi connectivity index (χ4v) is 4.13. The van der Waals surface area contributed by atoms with E-state index in [1.807, 2.05) is 0 Å². The Bertz CT molecular complexity index is 501. The first kappa shape index (κ1) is 16.3. The summed E-state index contributed by atoms with van der Waals surface area (Å²) in [6, 6.07) is -0.0900. The molecule has 1 aliphatic heterocycles. The Balaban J connectivity index is 1.88. The van der Waals surface area contributed by atoms with Crippen LogP contribution in [0.1, 0.15) is 33.1 Å². The number of nitrogens with zero attached hydrogens (tertiary/aromatic N) is 1. The summed E-state index contributed by atoms with van der Waals surface area (Å²) < 4.78 is 24.7. The summed E-state index contributed by atoms with van der Waals surface area (Å²) in [7, 11) is -3.19. The van der Waals surface area contributed by atoms with Crippen LogP contribution in [0.15, 0.2) is 0 Å². The third kappa shape index (κ3) is 3.08. The molecule has 2 fully saturated rings. The van der Waals surface area contributed by atoms with Gasteiger partial charge in [-0.2, -0.15) is 0 Å². The quantitative estimate of drug-likeness (QED) is 0.787. The number of piperidine rings is 1. The van der Waals surface area contributed by atoms with Crippen LogP contribution in [0.5, 0.6) is 0 Å². The molecule has 0 aromatic rings. The Kier molecular flexibility index (Phi) is 4.33. The second-order valence-electron chi connectivity index (χ2n) is 5.80. The van der Waals surface area contributed by atoms with E-state index in [0.717, 1.165) is 0 Å². The number of rotatable bonds is 4. The zero-order valence-electron chi connectivity index (χ0n) is 11.7. The molecule has 1 saturated carbocycles. The van der Waals surface area contributed by atoms with Crippen LogP contribution in [-0.4, -0.2) is 48.4 Å². The number of amides is 1. The molecule has 1 N–H and O–H groups in total. The van der Waals surface area contributed by atoms with Crippen molar-refractivity contribution in [1.82, 2.24) is 9.62 Å². The van der Waals surface area contributed by atoms with Crippen molar-refractivity contribution in [3.8, 4) is 0 Å². The lowest BCUT2D eigenvalue weighted by Gasteiger charge is -2.34. The molecule has 0 radical (unpaired) electrons. The van der Waals surface area contributed by atoms with Gasteiger partial charge in [0, 0.05) is 19.1 Å². The molecule has 20 heavy (non-hydrogen) atoms. The molecule has 8 heteroatoms. The van der Waals surface area contributed by atoms with Gasteiger partial charge in [0.15, 0.2) is 0 Å². The van der Waals surface area contributed by atoms with Crippen LogP contribution in [0.2, 0.25) is 0 Å². The highest BCUT2D eigenvalue weighted by Gasteiger charge is 2.68. The maximum absolute atomic E-state index is 12.4. The summed E-state index contributed by atoms with van der Waals surface area (Å²) in [4.78, 5) is 14.1. The summed E-state index contributed by atoms with van der Waals surface area (Å²) in [5, 5.41) is 0. The van der Waals surface area contributed by atoms with Gasteiger partial charge < -0.3 is 4.90 Å². The predicted molar refractivity (Wildman–Crippen MR) is 79.4 cm³/mol. The van der Waals surface area contributed by atoms with Gasteiger partial charge >= 0.3 is 0 Å². The molecule has 2 aliphatic rings. The summed E-state index contributed by atoms with van der Waals surface area (Å²) in [5.41, 5.74) is -0.689. The first-order valence-electron chi connectivity index (χ1n) is 6.78. The summed E-state index contributed by atoms with van der Waals surface area (Å²) in [6.07, 6.45) is 1.72. The van der Waals surface area contributed by atoms with Crippen molar-refractivity contribution in [1.29, 1.82) is 0 Å². The van der Waals surface area contributed by atoms with E-state index < -0.39 is 19.8 Å². The van der Waals surface area contributed by atoms with E-state index in [1.165, 1.54) is 0 Å².